The molecule has 0 nitrogen and oxygen atoms in total. The number of rotatable bonds is 1. The van der Waals surface area contributed by atoms with Crippen LogP contribution in [0.15, 0.2) is 0 Å². The first kappa shape index (κ1) is 92.2. The van der Waals surface area contributed by atoms with E-state index in [0.29, 0.717) is 86.6 Å². The van der Waals surface area contributed by atoms with Gasteiger partial charge in [0.05, 0.1) is 0 Å². The summed E-state index contributed by atoms with van der Waals surface area (Å²) < 4.78 is 0. The third kappa shape index (κ3) is 39.8. The minimum absolute atomic E-state index is 0.375. The van der Waals surface area contributed by atoms with Gasteiger partial charge in [-0.2, -0.15) is 0 Å². The molecule has 6 saturated carbocycles. The average molecular weight is 1240 g/mol. The van der Waals surface area contributed by atoms with Crippen LogP contribution in [0.4, 0.5) is 0 Å². The summed E-state index contributed by atoms with van der Waals surface area (Å²) in [6.07, 6.45) is 34.6. The van der Waals surface area contributed by atoms with Crippen LogP contribution in [0.1, 0.15) is 452 Å². The molecular formula is C88H182. The highest BCUT2D eigenvalue weighted by Gasteiger charge is 2.44. The third-order valence-corrected chi connectivity index (χ3v) is 25.4. The van der Waals surface area contributed by atoms with Crippen LogP contribution in [0.2, 0.25) is 0 Å². The van der Waals surface area contributed by atoms with E-state index in [1.165, 1.54) is 154 Å². The molecule has 6 rings (SSSR count). The highest BCUT2D eigenvalue weighted by Crippen LogP contribution is 2.55. The van der Waals surface area contributed by atoms with Gasteiger partial charge in [0.25, 0.3) is 0 Å². The summed E-state index contributed by atoms with van der Waals surface area (Å²) in [5, 5.41) is 0. The molecule has 0 atom stereocenters. The van der Waals surface area contributed by atoms with Crippen molar-refractivity contribution in [2.45, 2.75) is 452 Å². The van der Waals surface area contributed by atoms with E-state index in [4.69, 9.17) is 0 Å². The van der Waals surface area contributed by atoms with Crippen molar-refractivity contribution in [1.29, 1.82) is 0 Å². The second kappa shape index (κ2) is 35.3. The predicted octanol–water partition coefficient (Wildman–Crippen LogP) is 32.0. The predicted molar refractivity (Wildman–Crippen MR) is 411 cm³/mol. The van der Waals surface area contributed by atoms with Gasteiger partial charge in [-0.15, -0.1) is 0 Å². The van der Waals surface area contributed by atoms with Gasteiger partial charge in [0, 0.05) is 0 Å². The summed E-state index contributed by atoms with van der Waals surface area (Å²) in [6.45, 7) is 101. The molecule has 534 valence electrons. The lowest BCUT2D eigenvalue weighted by molar-refractivity contribution is 0.00574. The van der Waals surface area contributed by atoms with Crippen molar-refractivity contribution in [3.05, 3.63) is 0 Å². The second-order valence-corrected chi connectivity index (χ2v) is 45.7. The number of hydrogen-bond donors (Lipinski definition) is 0. The minimum atomic E-state index is 0.375. The topological polar surface area (TPSA) is 0 Å². The largest absolute Gasteiger partial charge is 0.0651 e. The monoisotopic (exact) mass is 1240 g/mol. The molecule has 6 aliphatic rings. The van der Waals surface area contributed by atoms with Crippen molar-refractivity contribution in [3.63, 3.8) is 0 Å². The molecule has 0 aliphatic heterocycles. The normalized spacial score (nSPS) is 24.3. The molecule has 0 N–H and O–H groups in total. The van der Waals surface area contributed by atoms with E-state index in [0.717, 1.165) is 29.6 Å². The van der Waals surface area contributed by atoms with Crippen molar-refractivity contribution in [3.8, 4) is 0 Å². The van der Waals surface area contributed by atoms with Crippen molar-refractivity contribution in [2.24, 2.45) is 116 Å². The Morgan fingerprint density at radius 1 is 0.307 bits per heavy atom. The Hall–Kier alpha value is 0. The van der Waals surface area contributed by atoms with Crippen LogP contribution >= 0.6 is 0 Å². The molecular weight excluding hydrogens is 1060 g/mol. The maximum atomic E-state index is 2.42. The van der Waals surface area contributed by atoms with Gasteiger partial charge in [-0.05, 0) is 193 Å². The van der Waals surface area contributed by atoms with Crippen LogP contribution in [-0.2, 0) is 0 Å². The maximum absolute atomic E-state index is 2.42. The molecule has 6 aliphatic carbocycles. The third-order valence-electron chi connectivity index (χ3n) is 25.4. The summed E-state index contributed by atoms with van der Waals surface area (Å²) in [5.41, 5.74) is 8.19. The zero-order chi connectivity index (χ0) is 70.9. The Kier molecular flexibility index (Phi) is 37.0. The molecule has 0 aromatic carbocycles. The molecule has 0 heteroatoms. The smallest absolute Gasteiger partial charge is 0.0257 e. The van der Waals surface area contributed by atoms with Gasteiger partial charge in [-0.25, -0.2) is 0 Å². The van der Waals surface area contributed by atoms with Crippen LogP contribution in [0.25, 0.3) is 0 Å². The first-order valence-corrected chi connectivity index (χ1v) is 38.4. The average Bonchev–Trinajstić information content (AvgIpc) is 3.26. The van der Waals surface area contributed by atoms with E-state index in [-0.39, 0.29) is 0 Å². The molecule has 88 heavy (non-hydrogen) atoms. The van der Waals surface area contributed by atoms with Gasteiger partial charge >= 0.3 is 0 Å². The zero-order valence-corrected chi connectivity index (χ0v) is 70.9. The van der Waals surface area contributed by atoms with Crippen LogP contribution in [-0.4, -0.2) is 0 Å². The first-order valence-electron chi connectivity index (χ1n) is 38.4. The molecule has 0 radical (unpaired) electrons. The summed E-state index contributed by atoms with van der Waals surface area (Å²) in [5.74, 6) is 4.64. The van der Waals surface area contributed by atoms with Crippen LogP contribution in [0.3, 0.4) is 0 Å². The minimum Gasteiger partial charge on any atom is -0.0651 e. The van der Waals surface area contributed by atoms with Crippen molar-refractivity contribution >= 4 is 0 Å². The van der Waals surface area contributed by atoms with E-state index >= 15 is 0 Å². The molecule has 0 spiro atoms. The van der Waals surface area contributed by atoms with E-state index in [9.17, 15) is 0 Å². The summed E-state index contributed by atoms with van der Waals surface area (Å²) >= 11 is 0. The highest BCUT2D eigenvalue weighted by molar-refractivity contribution is 4.95. The molecule has 0 saturated heterocycles. The Bertz CT molecular complexity index is 1660. The molecule has 0 unspecified atom stereocenters. The molecule has 0 heterocycles. The Balaban J connectivity index is -0.000000927. The van der Waals surface area contributed by atoms with Crippen LogP contribution in [0, 0.1) is 116 Å². The van der Waals surface area contributed by atoms with E-state index in [1.807, 2.05) is 0 Å². The summed E-state index contributed by atoms with van der Waals surface area (Å²) in [4.78, 5) is 0. The molecule has 0 amide bonds. The Labute approximate surface area is 565 Å². The fourth-order valence-electron chi connectivity index (χ4n) is 17.0. The standard InChI is InChI=1S/C12H24.2C11H22.C11H24.C10H22.C9H18.2C8H16.C8H18/c1-10(2)7-11(3,4)9-12(5,6)8-10;1-9-6-10(2,3)8-11(4,5)7-9;1-9-10(2,3)7-6-8-11(9,4)5;1-9(2,3)11(7,8)10(4,5)6;1-8(9(2,3)4)10(5,6)7;1-8-4-6-9(2,3)7-5-8;1-8(2)6-4-3-5-7-8;1-2-8-6-4-3-5-7-8;1-7(2,3)8(4,5)6/h7-9H2,1-6H3;2*9H,6-8H2,1-5H3;1-8H3;8H,1-7H3;8H,4-7H2,1-3H3;3-7H2,1-2H3;8H,2-7H2,1H3;1-6H3. The summed E-state index contributed by atoms with van der Waals surface area (Å²) in [6, 6.07) is 0. The van der Waals surface area contributed by atoms with Crippen LogP contribution in [0.5, 0.6) is 0 Å². The SMILES string of the molecule is CC(C(C)(C)C)C(C)(C)C.CC(C)(C)C(C)(C)C.CC(C)(C)C(C)(C)C(C)(C)C.CC1(C)CC(C)(C)CC(C)(C)C1.CC1(C)CCCCC1.CC1C(C)(C)CCCC1(C)C.CC1CC(C)(C)CC(C)(C)C1.CC1CCC(C)(C)CC1.CCC1CCCCC1. The van der Waals surface area contributed by atoms with Crippen molar-refractivity contribution in [2.75, 3.05) is 0 Å². The zero-order valence-electron chi connectivity index (χ0n) is 70.9. The van der Waals surface area contributed by atoms with Gasteiger partial charge in [0.2, 0.25) is 0 Å². The highest BCUT2D eigenvalue weighted by atomic mass is 14.5. The van der Waals surface area contributed by atoms with Gasteiger partial charge in [-0.3, -0.25) is 0 Å². The summed E-state index contributed by atoms with van der Waals surface area (Å²) in [7, 11) is 0. The fourth-order valence-corrected chi connectivity index (χ4v) is 17.0. The lowest BCUT2D eigenvalue weighted by atomic mass is 9.56. The second-order valence-electron chi connectivity index (χ2n) is 45.7. The lowest BCUT2D eigenvalue weighted by Gasteiger charge is -2.49. The van der Waals surface area contributed by atoms with E-state index < -0.39 is 0 Å². The fraction of sp³-hybridized carbons (Fsp3) is 1.00. The first-order chi connectivity index (χ1) is 38.4. The van der Waals surface area contributed by atoms with Gasteiger partial charge < -0.3 is 0 Å². The van der Waals surface area contributed by atoms with Gasteiger partial charge in [0.1, 0.15) is 0 Å². The number of hydrogen-bond acceptors (Lipinski definition) is 0. The molecule has 6 fully saturated rings. The van der Waals surface area contributed by atoms with Crippen LogP contribution < -0.4 is 0 Å². The Morgan fingerprint density at radius 3 is 0.773 bits per heavy atom. The van der Waals surface area contributed by atoms with Crippen molar-refractivity contribution in [1.82, 2.24) is 0 Å². The lowest BCUT2D eigenvalue weighted by Crippen LogP contribution is -2.41. The van der Waals surface area contributed by atoms with Gasteiger partial charge in [0.15, 0.2) is 0 Å². The quantitative estimate of drug-likeness (QED) is 0.245. The van der Waals surface area contributed by atoms with E-state index in [1.54, 1.807) is 0 Å². The maximum Gasteiger partial charge on any atom is -0.0257 e. The molecule has 0 aromatic rings. The Morgan fingerprint density at radius 2 is 0.591 bits per heavy atom. The van der Waals surface area contributed by atoms with E-state index in [2.05, 4.69) is 298 Å². The molecule has 0 aromatic heterocycles. The molecule has 0 bridgehead atoms. The van der Waals surface area contributed by atoms with Gasteiger partial charge in [-0.1, -0.05) is 375 Å². The van der Waals surface area contributed by atoms with Crippen molar-refractivity contribution < 1.29 is 0 Å².